The summed E-state index contributed by atoms with van der Waals surface area (Å²) >= 11 is 0. The average molecular weight is 327 g/mol. The van der Waals surface area contributed by atoms with Crippen molar-refractivity contribution < 1.29 is 14.3 Å². The molecule has 0 aromatic heterocycles. The van der Waals surface area contributed by atoms with Gasteiger partial charge in [-0.05, 0) is 31.5 Å². The van der Waals surface area contributed by atoms with E-state index >= 15 is 0 Å². The molecule has 5 nitrogen and oxygen atoms in total. The minimum Gasteiger partial charge on any atom is -0.486 e. The lowest BCUT2D eigenvalue weighted by molar-refractivity contribution is -0.136. The first-order valence-corrected chi connectivity index (χ1v) is 7.58. The summed E-state index contributed by atoms with van der Waals surface area (Å²) in [7, 11) is 1.85. The van der Waals surface area contributed by atoms with E-state index in [0.717, 1.165) is 37.4 Å². The van der Waals surface area contributed by atoms with Crippen LogP contribution in [0.5, 0.6) is 11.5 Å². The second kappa shape index (κ2) is 7.70. The highest BCUT2D eigenvalue weighted by Gasteiger charge is 2.28. The molecule has 1 aromatic rings. The number of rotatable bonds is 3. The summed E-state index contributed by atoms with van der Waals surface area (Å²) in [5.74, 6) is 1.83. The van der Waals surface area contributed by atoms with E-state index in [4.69, 9.17) is 9.47 Å². The van der Waals surface area contributed by atoms with Gasteiger partial charge in [0.05, 0.1) is 12.5 Å². The molecule has 1 aromatic carbocycles. The van der Waals surface area contributed by atoms with E-state index in [2.05, 4.69) is 5.32 Å². The van der Waals surface area contributed by atoms with Crippen LogP contribution in [0, 0.1) is 5.92 Å². The number of hydrogen-bond donors (Lipinski definition) is 1. The number of piperidine rings is 1. The fourth-order valence-electron chi connectivity index (χ4n) is 2.92. The number of nitrogens with zero attached hydrogens (tertiary/aromatic N) is 1. The molecular weight excluding hydrogens is 304 g/mol. The van der Waals surface area contributed by atoms with Crippen molar-refractivity contribution in [3.8, 4) is 11.5 Å². The van der Waals surface area contributed by atoms with Crippen molar-refractivity contribution in [3.05, 3.63) is 24.3 Å². The highest BCUT2D eigenvalue weighted by molar-refractivity contribution is 5.85. The average Bonchev–Trinajstić information content (AvgIpc) is 2.55. The maximum absolute atomic E-state index is 12.4. The molecule has 1 unspecified atom stereocenters. The number of fused-ring (bicyclic) bond motifs is 1. The van der Waals surface area contributed by atoms with Gasteiger partial charge in [-0.15, -0.1) is 12.4 Å². The van der Waals surface area contributed by atoms with Crippen LogP contribution in [0.15, 0.2) is 24.3 Å². The first kappa shape index (κ1) is 16.9. The van der Waals surface area contributed by atoms with Crippen molar-refractivity contribution in [1.82, 2.24) is 10.2 Å². The zero-order valence-electron chi connectivity index (χ0n) is 12.8. The Labute approximate surface area is 137 Å². The molecule has 2 aliphatic rings. The maximum atomic E-state index is 12.4. The molecule has 0 bridgehead atoms. The van der Waals surface area contributed by atoms with Crippen LogP contribution in [-0.4, -0.2) is 50.2 Å². The van der Waals surface area contributed by atoms with Crippen molar-refractivity contribution in [3.63, 3.8) is 0 Å². The number of likely N-dealkylation sites (N-methyl/N-ethyl adjacent to an activating group) is 1. The highest BCUT2D eigenvalue weighted by atomic mass is 35.5. The van der Waals surface area contributed by atoms with Crippen LogP contribution >= 0.6 is 12.4 Å². The van der Waals surface area contributed by atoms with Gasteiger partial charge in [0.2, 0.25) is 5.91 Å². The van der Waals surface area contributed by atoms with Gasteiger partial charge in [-0.3, -0.25) is 4.79 Å². The Morgan fingerprint density at radius 2 is 2.14 bits per heavy atom. The lowest BCUT2D eigenvalue weighted by Crippen LogP contribution is -2.46. The Kier molecular flexibility index (Phi) is 5.91. The van der Waals surface area contributed by atoms with Gasteiger partial charge in [0, 0.05) is 13.6 Å². The molecule has 22 heavy (non-hydrogen) atoms. The Morgan fingerprint density at radius 1 is 1.36 bits per heavy atom. The first-order chi connectivity index (χ1) is 10.2. The summed E-state index contributed by atoms with van der Waals surface area (Å²) in [4.78, 5) is 14.2. The molecule has 0 aliphatic carbocycles. The third-order valence-corrected chi connectivity index (χ3v) is 4.07. The van der Waals surface area contributed by atoms with E-state index in [-0.39, 0.29) is 30.3 Å². The topological polar surface area (TPSA) is 50.8 Å². The van der Waals surface area contributed by atoms with E-state index in [0.29, 0.717) is 13.2 Å². The van der Waals surface area contributed by atoms with Gasteiger partial charge >= 0.3 is 0 Å². The second-order valence-corrected chi connectivity index (χ2v) is 5.76. The number of amides is 1. The Hall–Kier alpha value is -1.46. The van der Waals surface area contributed by atoms with E-state index in [1.807, 2.05) is 31.3 Å². The molecule has 6 heteroatoms. The summed E-state index contributed by atoms with van der Waals surface area (Å²) in [6, 6.07) is 7.64. The summed E-state index contributed by atoms with van der Waals surface area (Å²) in [6.07, 6.45) is 1.94. The number of benzene rings is 1. The van der Waals surface area contributed by atoms with Crippen molar-refractivity contribution >= 4 is 18.3 Å². The van der Waals surface area contributed by atoms with Crippen LogP contribution in [0.4, 0.5) is 0 Å². The Balaban J connectivity index is 0.00000176. The van der Waals surface area contributed by atoms with Crippen molar-refractivity contribution in [2.24, 2.45) is 5.92 Å². The third kappa shape index (κ3) is 3.84. The second-order valence-electron chi connectivity index (χ2n) is 5.76. The van der Waals surface area contributed by atoms with E-state index in [1.165, 1.54) is 0 Å². The minimum atomic E-state index is -0.106. The summed E-state index contributed by atoms with van der Waals surface area (Å²) < 4.78 is 11.6. The zero-order valence-corrected chi connectivity index (χ0v) is 13.6. The van der Waals surface area contributed by atoms with Crippen LogP contribution < -0.4 is 14.8 Å². The van der Waals surface area contributed by atoms with Crippen molar-refractivity contribution in [1.29, 1.82) is 0 Å². The van der Waals surface area contributed by atoms with Gasteiger partial charge in [0.25, 0.3) is 0 Å². The molecule has 0 saturated carbocycles. The Bertz CT molecular complexity index is 506. The molecule has 122 valence electrons. The number of hydrogen-bond acceptors (Lipinski definition) is 4. The number of para-hydroxylation sites is 2. The van der Waals surface area contributed by atoms with E-state index < -0.39 is 0 Å². The summed E-state index contributed by atoms with van der Waals surface area (Å²) in [6.45, 7) is 2.85. The van der Waals surface area contributed by atoms with Crippen LogP contribution in [0.3, 0.4) is 0 Å². The van der Waals surface area contributed by atoms with Crippen molar-refractivity contribution in [2.75, 3.05) is 33.3 Å². The van der Waals surface area contributed by atoms with Crippen LogP contribution in [0.2, 0.25) is 0 Å². The van der Waals surface area contributed by atoms with Crippen molar-refractivity contribution in [2.45, 2.75) is 18.9 Å². The third-order valence-electron chi connectivity index (χ3n) is 4.07. The minimum absolute atomic E-state index is 0. The number of carbonyl (C=O) groups is 1. The summed E-state index contributed by atoms with van der Waals surface area (Å²) in [5.41, 5.74) is 0. The number of carbonyl (C=O) groups excluding carboxylic acids is 1. The molecule has 2 atom stereocenters. The van der Waals surface area contributed by atoms with Gasteiger partial charge in [-0.2, -0.15) is 0 Å². The van der Waals surface area contributed by atoms with E-state index in [1.54, 1.807) is 4.90 Å². The standard InChI is InChI=1S/C16H22N2O3.ClH/c1-18(16(19)12-5-4-8-17-9-12)10-13-11-20-14-6-2-3-7-15(14)21-13;/h2-3,6-7,12-13,17H,4-5,8-11H2,1H3;1H/t12-,13?;/m1./s1. The fourth-order valence-corrected chi connectivity index (χ4v) is 2.92. The zero-order chi connectivity index (χ0) is 14.7. The molecule has 0 spiro atoms. The fraction of sp³-hybridized carbons (Fsp3) is 0.562. The normalized spacial score (nSPS) is 23.3. The van der Waals surface area contributed by atoms with Gasteiger partial charge in [-0.25, -0.2) is 0 Å². The predicted octanol–water partition coefficient (Wildman–Crippen LogP) is 1.71. The van der Waals surface area contributed by atoms with Crippen LogP contribution in [0.1, 0.15) is 12.8 Å². The monoisotopic (exact) mass is 326 g/mol. The largest absolute Gasteiger partial charge is 0.486 e. The van der Waals surface area contributed by atoms with E-state index in [9.17, 15) is 4.79 Å². The molecular formula is C16H23ClN2O3. The van der Waals surface area contributed by atoms with Gasteiger partial charge in [0.15, 0.2) is 17.6 Å². The molecule has 2 heterocycles. The number of nitrogens with one attached hydrogen (secondary N) is 1. The van der Waals surface area contributed by atoms with Crippen LogP contribution in [-0.2, 0) is 4.79 Å². The first-order valence-electron chi connectivity index (χ1n) is 7.58. The quantitative estimate of drug-likeness (QED) is 0.918. The number of halogens is 1. The highest BCUT2D eigenvalue weighted by Crippen LogP contribution is 2.31. The molecule has 3 rings (SSSR count). The molecule has 1 amide bonds. The smallest absolute Gasteiger partial charge is 0.226 e. The van der Waals surface area contributed by atoms with Gasteiger partial charge in [-0.1, -0.05) is 12.1 Å². The van der Waals surface area contributed by atoms with Crippen LogP contribution in [0.25, 0.3) is 0 Å². The predicted molar refractivity (Wildman–Crippen MR) is 86.8 cm³/mol. The molecule has 1 N–H and O–H groups in total. The van der Waals surface area contributed by atoms with Gasteiger partial charge < -0.3 is 19.7 Å². The molecule has 0 radical (unpaired) electrons. The maximum Gasteiger partial charge on any atom is 0.226 e. The molecule has 1 fully saturated rings. The SMILES string of the molecule is CN(CC1COc2ccccc2O1)C(=O)[C@@H]1CCCNC1.Cl. The Morgan fingerprint density at radius 3 is 2.86 bits per heavy atom. The molecule has 1 saturated heterocycles. The summed E-state index contributed by atoms with van der Waals surface area (Å²) in [5, 5.41) is 3.28. The lowest BCUT2D eigenvalue weighted by atomic mass is 9.98. The lowest BCUT2D eigenvalue weighted by Gasteiger charge is -2.32. The molecule has 2 aliphatic heterocycles. The number of ether oxygens (including phenoxy) is 2. The van der Waals surface area contributed by atoms with Gasteiger partial charge in [0.1, 0.15) is 6.61 Å².